The molecule has 1 fully saturated rings. The monoisotopic (exact) mass is 446 g/mol. The van der Waals surface area contributed by atoms with Crippen LogP contribution in [0.2, 0.25) is 0 Å². The number of ether oxygens (including phenoxy) is 1. The number of carbonyl (C=O) groups excluding carboxylic acids is 1. The van der Waals surface area contributed by atoms with Crippen molar-refractivity contribution >= 4 is 5.78 Å². The maximum absolute atomic E-state index is 13.4. The number of alkyl halides is 3. The van der Waals surface area contributed by atoms with Crippen LogP contribution < -0.4 is 5.73 Å². The van der Waals surface area contributed by atoms with Crippen molar-refractivity contribution in [3.05, 3.63) is 58.1 Å². The largest absolute Gasteiger partial charge is 0.416 e. The Morgan fingerprint density at radius 2 is 1.78 bits per heavy atom. The van der Waals surface area contributed by atoms with E-state index in [-0.39, 0.29) is 22.6 Å². The number of rotatable bonds is 2. The third kappa shape index (κ3) is 3.89. The molecule has 2 heterocycles. The molecule has 2 N–H and O–H groups in total. The second kappa shape index (κ2) is 7.94. The first-order valence-electron chi connectivity index (χ1n) is 10.5. The van der Waals surface area contributed by atoms with E-state index in [1.807, 2.05) is 18.9 Å². The topological polar surface area (TPSA) is 82.6 Å². The second-order valence-corrected chi connectivity index (χ2v) is 9.14. The highest BCUT2D eigenvalue weighted by atomic mass is 19.4. The predicted molar refractivity (Wildman–Crippen MR) is 110 cm³/mol. The molecule has 1 saturated heterocycles. The van der Waals surface area contributed by atoms with Crippen LogP contribution in [0.1, 0.15) is 43.7 Å². The van der Waals surface area contributed by atoms with E-state index in [0.29, 0.717) is 50.3 Å². The molecule has 0 aromatic heterocycles. The van der Waals surface area contributed by atoms with E-state index in [0.717, 1.165) is 17.8 Å². The fraction of sp³-hybridized carbons (Fsp3) is 0.478. The Balaban J connectivity index is 1.88. The van der Waals surface area contributed by atoms with Crippen molar-refractivity contribution in [2.24, 2.45) is 11.1 Å². The third-order valence-electron chi connectivity index (χ3n) is 6.20. The summed E-state index contributed by atoms with van der Waals surface area (Å²) in [5, 5.41) is 13.7. The summed E-state index contributed by atoms with van der Waals surface area (Å²) in [5.74, 6) is -0.693. The number of morpholine rings is 1. The van der Waals surface area contributed by atoms with Gasteiger partial charge < -0.3 is 10.5 Å². The van der Waals surface area contributed by atoms with Gasteiger partial charge in [0.1, 0.15) is 5.82 Å². The number of hydrazine groups is 1. The van der Waals surface area contributed by atoms with Gasteiger partial charge >= 0.3 is 6.18 Å². The maximum atomic E-state index is 13.4. The van der Waals surface area contributed by atoms with Gasteiger partial charge in [0.15, 0.2) is 5.78 Å². The van der Waals surface area contributed by atoms with Crippen molar-refractivity contribution in [2.45, 2.75) is 38.8 Å². The van der Waals surface area contributed by atoms with E-state index in [4.69, 9.17) is 10.5 Å². The Kier molecular flexibility index (Phi) is 5.55. The molecule has 170 valence electrons. The zero-order chi connectivity index (χ0) is 23.3. The fourth-order valence-corrected chi connectivity index (χ4v) is 4.77. The Labute approximate surface area is 184 Å². The maximum Gasteiger partial charge on any atom is 0.416 e. The number of nitriles is 1. The number of Topliss-reactive ketones (excluding diaryl/α,β-unsaturated/α-hetero) is 1. The summed E-state index contributed by atoms with van der Waals surface area (Å²) in [7, 11) is 0. The van der Waals surface area contributed by atoms with Crippen LogP contribution in [0.5, 0.6) is 0 Å². The Morgan fingerprint density at radius 3 is 2.34 bits per heavy atom. The van der Waals surface area contributed by atoms with E-state index in [1.165, 1.54) is 12.1 Å². The van der Waals surface area contributed by atoms with Crippen LogP contribution in [-0.2, 0) is 15.7 Å². The molecule has 1 unspecified atom stereocenters. The Morgan fingerprint density at radius 1 is 1.16 bits per heavy atom. The summed E-state index contributed by atoms with van der Waals surface area (Å²) in [6, 6.07) is 6.76. The lowest BCUT2D eigenvalue weighted by Gasteiger charge is -2.48. The summed E-state index contributed by atoms with van der Waals surface area (Å²) in [6.07, 6.45) is -3.62. The number of carbonyl (C=O) groups is 1. The molecule has 1 aromatic rings. The molecule has 3 aliphatic rings. The van der Waals surface area contributed by atoms with Gasteiger partial charge in [-0.1, -0.05) is 26.0 Å². The summed E-state index contributed by atoms with van der Waals surface area (Å²) < 4.78 is 44.7. The van der Waals surface area contributed by atoms with Gasteiger partial charge in [-0.05, 0) is 29.5 Å². The summed E-state index contributed by atoms with van der Waals surface area (Å²) in [4.78, 5) is 13.4. The van der Waals surface area contributed by atoms with Crippen LogP contribution >= 0.6 is 0 Å². The first kappa shape index (κ1) is 22.4. The number of hydrogen-bond acceptors (Lipinski definition) is 6. The smallest absolute Gasteiger partial charge is 0.383 e. The zero-order valence-corrected chi connectivity index (χ0v) is 18.0. The highest BCUT2D eigenvalue weighted by molar-refractivity contribution is 6.00. The highest BCUT2D eigenvalue weighted by Crippen LogP contribution is 2.49. The molecule has 0 saturated carbocycles. The lowest BCUT2D eigenvalue weighted by Crippen LogP contribution is -2.53. The SMILES string of the molecule is CC1(C)CC(=O)C2=C(C1)N(N1CCOCC1)C(N)=C(C#N)C2c1ccc(C(F)(F)F)cc1. The standard InChI is InChI=1S/C23H25F3N4O2/c1-22(2)11-17-20(18(31)12-22)19(14-3-5-15(6-4-14)23(24,25)26)16(13-27)21(28)30(17)29-7-9-32-10-8-29/h3-6,19H,7-12,28H2,1-2H3. The van der Waals surface area contributed by atoms with Crippen molar-refractivity contribution in [3.63, 3.8) is 0 Å². The van der Waals surface area contributed by atoms with Crippen molar-refractivity contribution in [3.8, 4) is 6.07 Å². The lowest BCUT2D eigenvalue weighted by molar-refractivity contribution is -0.137. The predicted octanol–water partition coefficient (Wildman–Crippen LogP) is 3.69. The average Bonchev–Trinajstić information content (AvgIpc) is 2.72. The zero-order valence-electron chi connectivity index (χ0n) is 18.0. The van der Waals surface area contributed by atoms with Gasteiger partial charge in [-0.25, -0.2) is 5.01 Å². The highest BCUT2D eigenvalue weighted by Gasteiger charge is 2.46. The molecule has 6 nitrogen and oxygen atoms in total. The molecule has 1 aromatic carbocycles. The number of allylic oxidation sites excluding steroid dienone is 3. The molecule has 32 heavy (non-hydrogen) atoms. The molecule has 0 radical (unpaired) electrons. The van der Waals surface area contributed by atoms with Crippen molar-refractivity contribution in [2.75, 3.05) is 26.3 Å². The minimum absolute atomic E-state index is 0.111. The molecule has 0 bridgehead atoms. The quantitative estimate of drug-likeness (QED) is 0.746. The van der Waals surface area contributed by atoms with E-state index in [9.17, 15) is 23.2 Å². The minimum Gasteiger partial charge on any atom is -0.383 e. The van der Waals surface area contributed by atoms with E-state index in [2.05, 4.69) is 6.07 Å². The van der Waals surface area contributed by atoms with E-state index in [1.54, 1.807) is 5.01 Å². The fourth-order valence-electron chi connectivity index (χ4n) is 4.77. The molecular weight excluding hydrogens is 421 g/mol. The molecule has 0 amide bonds. The van der Waals surface area contributed by atoms with Crippen molar-refractivity contribution < 1.29 is 22.7 Å². The van der Waals surface area contributed by atoms with Crippen LogP contribution in [0.15, 0.2) is 46.9 Å². The van der Waals surface area contributed by atoms with Gasteiger partial charge in [-0.15, -0.1) is 0 Å². The van der Waals surface area contributed by atoms with Gasteiger partial charge in [0.25, 0.3) is 0 Å². The van der Waals surface area contributed by atoms with Crippen LogP contribution in [0.3, 0.4) is 0 Å². The summed E-state index contributed by atoms with van der Waals surface area (Å²) in [5.41, 5.74) is 7.19. The molecule has 4 rings (SSSR count). The summed E-state index contributed by atoms with van der Waals surface area (Å²) in [6.45, 7) is 6.09. The molecule has 1 aliphatic carbocycles. The first-order chi connectivity index (χ1) is 15.0. The lowest BCUT2D eigenvalue weighted by atomic mass is 9.69. The van der Waals surface area contributed by atoms with Crippen LogP contribution in [0, 0.1) is 16.7 Å². The number of nitrogens with zero attached hydrogens (tertiary/aromatic N) is 3. The van der Waals surface area contributed by atoms with Crippen LogP contribution in [-0.4, -0.2) is 42.1 Å². The van der Waals surface area contributed by atoms with Crippen molar-refractivity contribution in [1.29, 1.82) is 5.26 Å². The Bertz CT molecular complexity index is 1030. The normalized spacial score (nSPS) is 24.4. The van der Waals surface area contributed by atoms with Gasteiger partial charge in [0.2, 0.25) is 0 Å². The number of benzene rings is 1. The summed E-state index contributed by atoms with van der Waals surface area (Å²) >= 11 is 0. The van der Waals surface area contributed by atoms with E-state index >= 15 is 0 Å². The molecule has 1 atom stereocenters. The van der Waals surface area contributed by atoms with Gasteiger partial charge in [-0.2, -0.15) is 18.4 Å². The Hall–Kier alpha value is -2.83. The van der Waals surface area contributed by atoms with Crippen LogP contribution in [0.25, 0.3) is 0 Å². The molecule has 9 heteroatoms. The molecule has 0 spiro atoms. The number of hydrogen-bond donors (Lipinski definition) is 1. The van der Waals surface area contributed by atoms with Crippen molar-refractivity contribution in [1.82, 2.24) is 10.0 Å². The third-order valence-corrected chi connectivity index (χ3v) is 6.20. The second-order valence-electron chi connectivity index (χ2n) is 9.14. The minimum atomic E-state index is -4.47. The molecule has 2 aliphatic heterocycles. The van der Waals surface area contributed by atoms with Crippen LogP contribution in [0.4, 0.5) is 13.2 Å². The van der Waals surface area contributed by atoms with Gasteiger partial charge in [0, 0.05) is 30.8 Å². The van der Waals surface area contributed by atoms with E-state index < -0.39 is 17.7 Å². The van der Waals surface area contributed by atoms with Gasteiger partial charge in [-0.3, -0.25) is 9.80 Å². The number of ketones is 1. The number of nitrogens with two attached hydrogens (primary N) is 1. The first-order valence-corrected chi connectivity index (χ1v) is 10.5. The molecular formula is C23H25F3N4O2. The van der Waals surface area contributed by atoms with Gasteiger partial charge in [0.05, 0.1) is 36.3 Å². The average molecular weight is 446 g/mol. The number of halogens is 3.